The summed E-state index contributed by atoms with van der Waals surface area (Å²) in [7, 11) is 0. The first-order valence-corrected chi connectivity index (χ1v) is 4.56. The van der Waals surface area contributed by atoms with Gasteiger partial charge in [-0.15, -0.1) is 0 Å². The highest BCUT2D eigenvalue weighted by atomic mass is 16.3. The monoisotopic (exact) mass is 180 g/mol. The average Bonchev–Trinajstić information content (AvgIpc) is 2.13. The predicted octanol–water partition coefficient (Wildman–Crippen LogP) is 0.862. The molecular weight excluding hydrogens is 164 g/mol. The summed E-state index contributed by atoms with van der Waals surface area (Å²) in [6.45, 7) is 3.95. The van der Waals surface area contributed by atoms with Gasteiger partial charge in [-0.2, -0.15) is 0 Å². The molecule has 0 aliphatic carbocycles. The first-order chi connectivity index (χ1) is 6.33. The Morgan fingerprint density at radius 1 is 1.54 bits per heavy atom. The number of rotatable bonds is 5. The van der Waals surface area contributed by atoms with Crippen LogP contribution < -0.4 is 5.32 Å². The molecule has 0 saturated carbocycles. The molecule has 0 bridgehead atoms. The van der Waals surface area contributed by atoms with Gasteiger partial charge in [0, 0.05) is 25.0 Å². The largest absolute Gasteiger partial charge is 0.396 e. The minimum atomic E-state index is 0.252. The molecule has 0 saturated heterocycles. The second-order valence-corrected chi connectivity index (χ2v) is 3.06. The van der Waals surface area contributed by atoms with Crippen molar-refractivity contribution >= 4 is 0 Å². The first kappa shape index (κ1) is 10.2. The Balaban J connectivity index is 2.28. The van der Waals surface area contributed by atoms with E-state index in [9.17, 15) is 0 Å². The number of hydrogen-bond donors (Lipinski definition) is 2. The van der Waals surface area contributed by atoms with Crippen LogP contribution >= 0.6 is 0 Å². The van der Waals surface area contributed by atoms with Gasteiger partial charge in [-0.1, -0.05) is 0 Å². The van der Waals surface area contributed by atoms with Crippen LogP contribution in [0.1, 0.15) is 17.7 Å². The molecule has 0 spiro atoms. The van der Waals surface area contributed by atoms with Crippen LogP contribution in [0.2, 0.25) is 0 Å². The molecule has 0 aliphatic heterocycles. The van der Waals surface area contributed by atoms with Gasteiger partial charge in [-0.25, -0.2) is 0 Å². The SMILES string of the molecule is Cc1cc(CNCCCO)ccn1. The summed E-state index contributed by atoms with van der Waals surface area (Å²) in [6, 6.07) is 4.06. The molecule has 0 fully saturated rings. The Morgan fingerprint density at radius 3 is 3.08 bits per heavy atom. The highest BCUT2D eigenvalue weighted by Crippen LogP contribution is 1.99. The van der Waals surface area contributed by atoms with E-state index in [2.05, 4.69) is 16.4 Å². The minimum absolute atomic E-state index is 0.252. The second-order valence-electron chi connectivity index (χ2n) is 3.06. The van der Waals surface area contributed by atoms with Crippen molar-refractivity contribution in [2.24, 2.45) is 0 Å². The summed E-state index contributed by atoms with van der Waals surface area (Å²) in [5.41, 5.74) is 2.28. The number of pyridine rings is 1. The second kappa shape index (κ2) is 5.67. The Bertz CT molecular complexity index is 250. The Labute approximate surface area is 78.8 Å². The molecule has 0 unspecified atom stereocenters. The van der Waals surface area contributed by atoms with Crippen molar-refractivity contribution in [3.8, 4) is 0 Å². The summed E-state index contributed by atoms with van der Waals surface area (Å²) in [4.78, 5) is 4.12. The van der Waals surface area contributed by atoms with Crippen molar-refractivity contribution in [3.63, 3.8) is 0 Å². The summed E-state index contributed by atoms with van der Waals surface area (Å²) < 4.78 is 0. The number of nitrogens with one attached hydrogen (secondary N) is 1. The van der Waals surface area contributed by atoms with Crippen molar-refractivity contribution in [2.75, 3.05) is 13.2 Å². The van der Waals surface area contributed by atoms with Gasteiger partial charge in [0.25, 0.3) is 0 Å². The molecule has 1 heterocycles. The van der Waals surface area contributed by atoms with E-state index in [0.717, 1.165) is 25.2 Å². The van der Waals surface area contributed by atoms with Crippen molar-refractivity contribution < 1.29 is 5.11 Å². The number of aromatic nitrogens is 1. The first-order valence-electron chi connectivity index (χ1n) is 4.56. The van der Waals surface area contributed by atoms with E-state index >= 15 is 0 Å². The maximum atomic E-state index is 8.56. The van der Waals surface area contributed by atoms with Crippen LogP contribution in [0.4, 0.5) is 0 Å². The van der Waals surface area contributed by atoms with E-state index in [-0.39, 0.29) is 6.61 Å². The van der Waals surface area contributed by atoms with Crippen LogP contribution in [0, 0.1) is 6.92 Å². The Hall–Kier alpha value is -0.930. The summed E-state index contributed by atoms with van der Waals surface area (Å²) in [6.07, 6.45) is 2.63. The molecule has 0 aromatic carbocycles. The van der Waals surface area contributed by atoms with Gasteiger partial charge in [0.05, 0.1) is 0 Å². The lowest BCUT2D eigenvalue weighted by Crippen LogP contribution is -2.15. The van der Waals surface area contributed by atoms with Crippen LogP contribution in [0.3, 0.4) is 0 Å². The molecular formula is C10H16N2O. The Kier molecular flexibility index (Phi) is 4.43. The van der Waals surface area contributed by atoms with E-state index in [4.69, 9.17) is 5.11 Å². The lowest BCUT2D eigenvalue weighted by Gasteiger charge is -2.03. The summed E-state index contributed by atoms with van der Waals surface area (Å²) >= 11 is 0. The average molecular weight is 180 g/mol. The molecule has 0 amide bonds. The molecule has 3 nitrogen and oxygen atoms in total. The molecule has 13 heavy (non-hydrogen) atoms. The Morgan fingerprint density at radius 2 is 2.38 bits per heavy atom. The predicted molar refractivity (Wildman–Crippen MR) is 52.4 cm³/mol. The molecule has 0 radical (unpaired) electrons. The molecule has 0 aliphatic rings. The number of aliphatic hydroxyl groups is 1. The van der Waals surface area contributed by atoms with E-state index in [1.54, 1.807) is 0 Å². The van der Waals surface area contributed by atoms with Crippen molar-refractivity contribution in [1.29, 1.82) is 0 Å². The van der Waals surface area contributed by atoms with Crippen LogP contribution in [-0.2, 0) is 6.54 Å². The van der Waals surface area contributed by atoms with Gasteiger partial charge in [0.1, 0.15) is 0 Å². The van der Waals surface area contributed by atoms with Crippen molar-refractivity contribution in [2.45, 2.75) is 19.9 Å². The zero-order valence-corrected chi connectivity index (χ0v) is 7.95. The van der Waals surface area contributed by atoms with E-state index < -0.39 is 0 Å². The number of aryl methyl sites for hydroxylation is 1. The maximum absolute atomic E-state index is 8.56. The summed E-state index contributed by atoms with van der Waals surface area (Å²) in [5, 5.41) is 11.8. The van der Waals surface area contributed by atoms with Gasteiger partial charge in [-0.05, 0) is 37.6 Å². The third-order valence-corrected chi connectivity index (χ3v) is 1.80. The quantitative estimate of drug-likeness (QED) is 0.661. The summed E-state index contributed by atoms with van der Waals surface area (Å²) in [5.74, 6) is 0. The third kappa shape index (κ3) is 4.01. The number of aliphatic hydroxyl groups excluding tert-OH is 1. The fourth-order valence-corrected chi connectivity index (χ4v) is 1.15. The van der Waals surface area contributed by atoms with Crippen LogP contribution in [0.5, 0.6) is 0 Å². The lowest BCUT2D eigenvalue weighted by molar-refractivity contribution is 0.286. The number of hydrogen-bond acceptors (Lipinski definition) is 3. The van der Waals surface area contributed by atoms with Gasteiger partial charge in [0.2, 0.25) is 0 Å². The van der Waals surface area contributed by atoms with Crippen LogP contribution in [-0.4, -0.2) is 23.2 Å². The van der Waals surface area contributed by atoms with E-state index in [0.29, 0.717) is 0 Å². The zero-order valence-electron chi connectivity index (χ0n) is 7.95. The van der Waals surface area contributed by atoms with Crippen molar-refractivity contribution in [3.05, 3.63) is 29.6 Å². The fraction of sp³-hybridized carbons (Fsp3) is 0.500. The molecule has 72 valence electrons. The smallest absolute Gasteiger partial charge is 0.0443 e. The van der Waals surface area contributed by atoms with E-state index in [1.165, 1.54) is 5.56 Å². The lowest BCUT2D eigenvalue weighted by atomic mass is 10.2. The normalized spacial score (nSPS) is 10.3. The molecule has 1 aromatic heterocycles. The van der Waals surface area contributed by atoms with Crippen LogP contribution in [0.25, 0.3) is 0 Å². The molecule has 1 aromatic rings. The molecule has 0 atom stereocenters. The van der Waals surface area contributed by atoms with Gasteiger partial charge >= 0.3 is 0 Å². The van der Waals surface area contributed by atoms with Crippen LogP contribution in [0.15, 0.2) is 18.3 Å². The highest BCUT2D eigenvalue weighted by Gasteiger charge is 1.92. The molecule has 1 rings (SSSR count). The van der Waals surface area contributed by atoms with E-state index in [1.807, 2.05) is 19.2 Å². The fourth-order valence-electron chi connectivity index (χ4n) is 1.15. The van der Waals surface area contributed by atoms with Gasteiger partial charge in [0.15, 0.2) is 0 Å². The minimum Gasteiger partial charge on any atom is -0.396 e. The third-order valence-electron chi connectivity index (χ3n) is 1.80. The zero-order chi connectivity index (χ0) is 9.52. The highest BCUT2D eigenvalue weighted by molar-refractivity contribution is 5.14. The molecule has 3 heteroatoms. The van der Waals surface area contributed by atoms with Crippen molar-refractivity contribution in [1.82, 2.24) is 10.3 Å². The number of nitrogens with zero attached hydrogens (tertiary/aromatic N) is 1. The van der Waals surface area contributed by atoms with Gasteiger partial charge < -0.3 is 10.4 Å². The maximum Gasteiger partial charge on any atom is 0.0443 e. The standard InChI is InChI=1S/C10H16N2O/c1-9-7-10(3-5-12-9)8-11-4-2-6-13/h3,5,7,11,13H,2,4,6,8H2,1H3. The topological polar surface area (TPSA) is 45.1 Å². The molecule has 2 N–H and O–H groups in total. The van der Waals surface area contributed by atoms with Gasteiger partial charge in [-0.3, -0.25) is 4.98 Å².